The molecule has 1 saturated heterocycles. The SMILES string of the molecule is C#CCN1CCC(NC(C)c2c(F)cccc2F)CC1. The molecule has 0 radical (unpaired) electrons. The Hall–Kier alpha value is -1.44. The maximum absolute atomic E-state index is 13.7. The summed E-state index contributed by atoms with van der Waals surface area (Å²) in [6.45, 7) is 4.32. The van der Waals surface area contributed by atoms with E-state index in [4.69, 9.17) is 6.42 Å². The fourth-order valence-electron chi connectivity index (χ4n) is 2.75. The Kier molecular flexibility index (Phi) is 5.11. The summed E-state index contributed by atoms with van der Waals surface area (Å²) in [6.07, 6.45) is 7.19. The fraction of sp³-hybridized carbons (Fsp3) is 0.500. The summed E-state index contributed by atoms with van der Waals surface area (Å²) in [5, 5.41) is 3.32. The average molecular weight is 278 g/mol. The summed E-state index contributed by atoms with van der Waals surface area (Å²) < 4.78 is 27.4. The predicted molar refractivity (Wildman–Crippen MR) is 76.2 cm³/mol. The Morgan fingerprint density at radius 3 is 2.50 bits per heavy atom. The van der Waals surface area contributed by atoms with E-state index in [0.717, 1.165) is 25.9 Å². The molecule has 2 rings (SSSR count). The van der Waals surface area contributed by atoms with Gasteiger partial charge in [0.2, 0.25) is 0 Å². The zero-order valence-corrected chi connectivity index (χ0v) is 11.7. The number of terminal acetylenes is 1. The highest BCUT2D eigenvalue weighted by atomic mass is 19.1. The Morgan fingerprint density at radius 1 is 1.35 bits per heavy atom. The molecule has 2 nitrogen and oxygen atoms in total. The van der Waals surface area contributed by atoms with Gasteiger partial charge in [0.25, 0.3) is 0 Å². The van der Waals surface area contributed by atoms with Crippen molar-refractivity contribution < 1.29 is 8.78 Å². The van der Waals surface area contributed by atoms with Crippen LogP contribution in [0.15, 0.2) is 18.2 Å². The van der Waals surface area contributed by atoms with Crippen LogP contribution in [0.5, 0.6) is 0 Å². The van der Waals surface area contributed by atoms with Crippen LogP contribution in [0, 0.1) is 24.0 Å². The molecule has 1 N–H and O–H groups in total. The lowest BCUT2D eigenvalue weighted by molar-refractivity contribution is 0.210. The lowest BCUT2D eigenvalue weighted by atomic mass is 10.0. The topological polar surface area (TPSA) is 15.3 Å². The molecule has 0 aromatic heterocycles. The van der Waals surface area contributed by atoms with Gasteiger partial charge in [-0.1, -0.05) is 12.0 Å². The van der Waals surface area contributed by atoms with Gasteiger partial charge in [-0.2, -0.15) is 0 Å². The highest BCUT2D eigenvalue weighted by Crippen LogP contribution is 2.22. The molecule has 1 atom stereocenters. The molecule has 1 heterocycles. The minimum Gasteiger partial charge on any atom is -0.307 e. The van der Waals surface area contributed by atoms with Crippen molar-refractivity contribution in [1.82, 2.24) is 10.2 Å². The molecule has 1 aromatic carbocycles. The summed E-state index contributed by atoms with van der Waals surface area (Å²) in [6, 6.07) is 3.93. The first-order chi connectivity index (χ1) is 9.61. The molecule has 4 heteroatoms. The number of hydrogen-bond acceptors (Lipinski definition) is 2. The number of piperidine rings is 1. The van der Waals surface area contributed by atoms with Gasteiger partial charge >= 0.3 is 0 Å². The zero-order chi connectivity index (χ0) is 14.5. The van der Waals surface area contributed by atoms with E-state index < -0.39 is 11.6 Å². The first-order valence-electron chi connectivity index (χ1n) is 6.97. The number of halogens is 2. The summed E-state index contributed by atoms with van der Waals surface area (Å²) in [4.78, 5) is 2.21. The number of rotatable bonds is 4. The van der Waals surface area contributed by atoms with Gasteiger partial charge in [0.05, 0.1) is 6.54 Å². The van der Waals surface area contributed by atoms with Crippen LogP contribution in [0.25, 0.3) is 0 Å². The molecule has 20 heavy (non-hydrogen) atoms. The van der Waals surface area contributed by atoms with Crippen LogP contribution in [0.4, 0.5) is 8.78 Å². The van der Waals surface area contributed by atoms with Gasteiger partial charge in [-0.25, -0.2) is 8.78 Å². The van der Waals surface area contributed by atoms with Crippen LogP contribution in [0.1, 0.15) is 31.4 Å². The number of likely N-dealkylation sites (tertiary alicyclic amines) is 1. The van der Waals surface area contributed by atoms with Crippen LogP contribution in [0.3, 0.4) is 0 Å². The van der Waals surface area contributed by atoms with E-state index >= 15 is 0 Å². The Balaban J connectivity index is 1.93. The fourth-order valence-corrected chi connectivity index (χ4v) is 2.75. The standard InChI is InChI=1S/C16H20F2N2/c1-3-9-20-10-7-13(8-11-20)19-12(2)16-14(17)5-4-6-15(16)18/h1,4-6,12-13,19H,7-11H2,2H3. The van der Waals surface area contributed by atoms with E-state index in [0.29, 0.717) is 6.54 Å². The maximum Gasteiger partial charge on any atom is 0.130 e. The second-order valence-corrected chi connectivity index (χ2v) is 5.28. The van der Waals surface area contributed by atoms with Crippen molar-refractivity contribution in [2.24, 2.45) is 0 Å². The van der Waals surface area contributed by atoms with Crippen LogP contribution in [0.2, 0.25) is 0 Å². The summed E-state index contributed by atoms with van der Waals surface area (Å²) in [5.41, 5.74) is 0.124. The van der Waals surface area contributed by atoms with Gasteiger partial charge < -0.3 is 5.32 Å². The number of benzene rings is 1. The molecule has 0 aliphatic carbocycles. The van der Waals surface area contributed by atoms with Gasteiger partial charge in [0.1, 0.15) is 11.6 Å². The third-order valence-corrected chi connectivity index (χ3v) is 3.82. The highest BCUT2D eigenvalue weighted by Gasteiger charge is 2.22. The zero-order valence-electron chi connectivity index (χ0n) is 11.7. The molecule has 1 fully saturated rings. The Morgan fingerprint density at radius 2 is 1.95 bits per heavy atom. The van der Waals surface area contributed by atoms with Crippen molar-refractivity contribution in [2.75, 3.05) is 19.6 Å². The number of hydrogen-bond donors (Lipinski definition) is 1. The van der Waals surface area contributed by atoms with Crippen molar-refractivity contribution in [3.05, 3.63) is 35.4 Å². The molecule has 1 aromatic rings. The van der Waals surface area contributed by atoms with Crippen molar-refractivity contribution in [2.45, 2.75) is 31.8 Å². The molecule has 0 bridgehead atoms. The van der Waals surface area contributed by atoms with E-state index in [1.54, 1.807) is 6.92 Å². The molecule has 0 saturated carbocycles. The molecule has 1 unspecified atom stereocenters. The molecular weight excluding hydrogens is 258 g/mol. The van der Waals surface area contributed by atoms with Crippen molar-refractivity contribution in [1.29, 1.82) is 0 Å². The Labute approximate surface area is 119 Å². The quantitative estimate of drug-likeness (QED) is 0.852. The summed E-state index contributed by atoms with van der Waals surface area (Å²) >= 11 is 0. The molecule has 0 amide bonds. The van der Waals surface area contributed by atoms with E-state index in [1.165, 1.54) is 18.2 Å². The second-order valence-electron chi connectivity index (χ2n) is 5.28. The van der Waals surface area contributed by atoms with Gasteiger partial charge in [-0.05, 0) is 31.9 Å². The monoisotopic (exact) mass is 278 g/mol. The molecular formula is C16H20F2N2. The lowest BCUT2D eigenvalue weighted by Crippen LogP contribution is -2.43. The maximum atomic E-state index is 13.7. The molecule has 108 valence electrons. The van der Waals surface area contributed by atoms with Gasteiger partial charge in [-0.3, -0.25) is 4.90 Å². The Bertz CT molecular complexity index is 467. The molecule has 1 aliphatic heterocycles. The first-order valence-corrected chi connectivity index (χ1v) is 6.97. The first kappa shape index (κ1) is 15.0. The largest absolute Gasteiger partial charge is 0.307 e. The minimum absolute atomic E-state index is 0.124. The smallest absolute Gasteiger partial charge is 0.130 e. The van der Waals surface area contributed by atoms with E-state index in [-0.39, 0.29) is 17.6 Å². The number of nitrogens with one attached hydrogen (secondary N) is 1. The van der Waals surface area contributed by atoms with Gasteiger partial charge in [0, 0.05) is 30.7 Å². The minimum atomic E-state index is -0.491. The van der Waals surface area contributed by atoms with Crippen LogP contribution < -0.4 is 5.32 Å². The summed E-state index contributed by atoms with van der Waals surface area (Å²) in [5.74, 6) is 1.66. The van der Waals surface area contributed by atoms with Gasteiger partial charge in [0.15, 0.2) is 0 Å². The lowest BCUT2D eigenvalue weighted by Gasteiger charge is -2.33. The third kappa shape index (κ3) is 3.56. The van der Waals surface area contributed by atoms with E-state index in [2.05, 4.69) is 16.1 Å². The van der Waals surface area contributed by atoms with E-state index in [1.807, 2.05) is 0 Å². The van der Waals surface area contributed by atoms with Crippen molar-refractivity contribution in [3.63, 3.8) is 0 Å². The van der Waals surface area contributed by atoms with Gasteiger partial charge in [-0.15, -0.1) is 6.42 Å². The van der Waals surface area contributed by atoms with Crippen LogP contribution in [-0.2, 0) is 0 Å². The van der Waals surface area contributed by atoms with Crippen LogP contribution in [-0.4, -0.2) is 30.6 Å². The summed E-state index contributed by atoms with van der Waals surface area (Å²) in [7, 11) is 0. The number of nitrogens with zero attached hydrogens (tertiary/aromatic N) is 1. The second kappa shape index (κ2) is 6.83. The predicted octanol–water partition coefficient (Wildman–Crippen LogP) is 2.71. The molecule has 1 aliphatic rings. The van der Waals surface area contributed by atoms with Crippen molar-refractivity contribution in [3.8, 4) is 12.3 Å². The van der Waals surface area contributed by atoms with E-state index in [9.17, 15) is 8.78 Å². The highest BCUT2D eigenvalue weighted by molar-refractivity contribution is 5.23. The third-order valence-electron chi connectivity index (χ3n) is 3.82. The normalized spacial score (nSPS) is 18.7. The van der Waals surface area contributed by atoms with Crippen LogP contribution >= 0.6 is 0 Å². The average Bonchev–Trinajstić information content (AvgIpc) is 2.41. The molecule has 0 spiro atoms. The van der Waals surface area contributed by atoms with Crippen molar-refractivity contribution >= 4 is 0 Å².